The first-order valence-corrected chi connectivity index (χ1v) is 5.63. The van der Waals surface area contributed by atoms with Crippen molar-refractivity contribution in [2.45, 2.75) is 39.3 Å². The van der Waals surface area contributed by atoms with E-state index < -0.39 is 17.5 Å². The minimum atomic E-state index is -1.33. The largest absolute Gasteiger partial charge is 0.480 e. The molecule has 3 amide bonds. The molecule has 18 heavy (non-hydrogen) atoms. The summed E-state index contributed by atoms with van der Waals surface area (Å²) in [6.45, 7) is 6.24. The lowest BCUT2D eigenvalue weighted by Gasteiger charge is -2.31. The average Bonchev–Trinajstić information content (AvgIpc) is 2.23. The van der Waals surface area contributed by atoms with Crippen LogP contribution in [0.1, 0.15) is 27.7 Å². The van der Waals surface area contributed by atoms with E-state index in [0.717, 1.165) is 4.90 Å². The van der Waals surface area contributed by atoms with Gasteiger partial charge in [-0.2, -0.15) is 0 Å². The van der Waals surface area contributed by atoms with Gasteiger partial charge in [-0.3, -0.25) is 4.79 Å². The van der Waals surface area contributed by atoms with E-state index in [4.69, 9.17) is 5.11 Å². The summed E-state index contributed by atoms with van der Waals surface area (Å²) >= 11 is 0. The summed E-state index contributed by atoms with van der Waals surface area (Å²) in [5.74, 6) is -1.44. The Labute approximate surface area is 107 Å². The first-order chi connectivity index (χ1) is 8.09. The number of carbonyl (C=O) groups is 3. The van der Waals surface area contributed by atoms with Gasteiger partial charge in [0.05, 0.1) is 6.54 Å². The number of urea groups is 1. The maximum atomic E-state index is 11.7. The van der Waals surface area contributed by atoms with Gasteiger partial charge in [-0.25, -0.2) is 9.59 Å². The molecule has 0 rings (SSSR count). The van der Waals surface area contributed by atoms with Crippen molar-refractivity contribution < 1.29 is 19.5 Å². The van der Waals surface area contributed by atoms with Crippen LogP contribution < -0.4 is 10.6 Å². The predicted molar refractivity (Wildman–Crippen MR) is 66.2 cm³/mol. The Kier molecular flexibility index (Phi) is 5.61. The van der Waals surface area contributed by atoms with Crippen LogP contribution >= 0.6 is 0 Å². The number of nitrogens with one attached hydrogen (secondary N) is 2. The van der Waals surface area contributed by atoms with Crippen molar-refractivity contribution in [3.63, 3.8) is 0 Å². The molecule has 0 aliphatic heterocycles. The molecule has 0 heterocycles. The molecule has 0 aliphatic rings. The summed E-state index contributed by atoms with van der Waals surface area (Å²) in [4.78, 5) is 34.9. The minimum absolute atomic E-state index is 0.0115. The van der Waals surface area contributed by atoms with Crippen molar-refractivity contribution in [2.75, 3.05) is 13.6 Å². The monoisotopic (exact) mass is 259 g/mol. The highest BCUT2D eigenvalue weighted by molar-refractivity contribution is 5.88. The average molecular weight is 259 g/mol. The third kappa shape index (κ3) is 4.60. The van der Waals surface area contributed by atoms with Gasteiger partial charge in [-0.1, -0.05) is 0 Å². The highest BCUT2D eigenvalue weighted by atomic mass is 16.4. The second-order valence-electron chi connectivity index (χ2n) is 4.80. The van der Waals surface area contributed by atoms with Crippen LogP contribution in [0.3, 0.4) is 0 Å². The number of aliphatic carboxylic acids is 1. The second-order valence-corrected chi connectivity index (χ2v) is 4.80. The fraction of sp³-hybridized carbons (Fsp3) is 0.727. The van der Waals surface area contributed by atoms with Gasteiger partial charge in [-0.05, 0) is 27.7 Å². The molecule has 3 N–H and O–H groups in total. The molecule has 0 unspecified atom stereocenters. The lowest BCUT2D eigenvalue weighted by Crippen LogP contribution is -2.55. The Morgan fingerprint density at radius 3 is 2.17 bits per heavy atom. The quantitative estimate of drug-likeness (QED) is 0.648. The van der Waals surface area contributed by atoms with E-state index in [2.05, 4.69) is 10.6 Å². The first kappa shape index (κ1) is 16.2. The maximum absolute atomic E-state index is 11.7. The van der Waals surface area contributed by atoms with Gasteiger partial charge < -0.3 is 20.6 Å². The molecular formula is C11H21N3O4. The summed E-state index contributed by atoms with van der Waals surface area (Å²) in [7, 11) is 1.36. The zero-order valence-electron chi connectivity index (χ0n) is 11.4. The van der Waals surface area contributed by atoms with E-state index in [-0.39, 0.29) is 18.5 Å². The molecular weight excluding hydrogens is 238 g/mol. The van der Waals surface area contributed by atoms with Crippen molar-refractivity contribution in [3.05, 3.63) is 0 Å². The molecule has 7 nitrogen and oxygen atoms in total. The zero-order chi connectivity index (χ0) is 14.5. The third-order valence-electron chi connectivity index (χ3n) is 2.52. The van der Waals surface area contributed by atoms with Crippen LogP contribution in [-0.2, 0) is 9.59 Å². The molecule has 7 heteroatoms. The van der Waals surface area contributed by atoms with Crippen molar-refractivity contribution in [1.82, 2.24) is 15.5 Å². The molecule has 0 bridgehead atoms. The number of carbonyl (C=O) groups excluding carboxylic acids is 2. The molecule has 104 valence electrons. The van der Waals surface area contributed by atoms with Crippen LogP contribution in [0.4, 0.5) is 4.79 Å². The highest BCUT2D eigenvalue weighted by Crippen LogP contribution is 2.11. The van der Waals surface area contributed by atoms with Crippen molar-refractivity contribution >= 4 is 17.9 Å². The number of nitrogens with zero attached hydrogens (tertiary/aromatic N) is 1. The van der Waals surface area contributed by atoms with Crippen LogP contribution in [-0.4, -0.2) is 53.1 Å². The van der Waals surface area contributed by atoms with Gasteiger partial charge in [0.2, 0.25) is 5.91 Å². The van der Waals surface area contributed by atoms with Crippen LogP contribution in [0.25, 0.3) is 0 Å². The molecule has 0 saturated heterocycles. The smallest absolute Gasteiger partial charge is 0.329 e. The molecule has 0 aliphatic carbocycles. The Bertz CT molecular complexity index is 339. The van der Waals surface area contributed by atoms with E-state index in [1.54, 1.807) is 13.8 Å². The van der Waals surface area contributed by atoms with E-state index in [1.807, 2.05) is 0 Å². The van der Waals surface area contributed by atoms with E-state index in [9.17, 15) is 14.4 Å². The zero-order valence-corrected chi connectivity index (χ0v) is 11.4. The van der Waals surface area contributed by atoms with Gasteiger partial charge in [0.25, 0.3) is 0 Å². The third-order valence-corrected chi connectivity index (χ3v) is 2.52. The molecule has 0 radical (unpaired) electrons. The summed E-state index contributed by atoms with van der Waals surface area (Å²) in [6, 6.07) is -0.621. The number of carboxylic acids is 1. The first-order valence-electron chi connectivity index (χ1n) is 5.63. The summed E-state index contributed by atoms with van der Waals surface area (Å²) in [5, 5.41) is 13.9. The molecule has 0 atom stereocenters. The van der Waals surface area contributed by atoms with Gasteiger partial charge in [0.1, 0.15) is 5.54 Å². The minimum Gasteiger partial charge on any atom is -0.480 e. The van der Waals surface area contributed by atoms with Crippen molar-refractivity contribution in [1.29, 1.82) is 0 Å². The normalized spacial score (nSPS) is 11.0. The molecule has 0 spiro atoms. The summed E-state index contributed by atoms with van der Waals surface area (Å²) < 4.78 is 0. The maximum Gasteiger partial charge on any atom is 0.329 e. The van der Waals surface area contributed by atoms with E-state index >= 15 is 0 Å². The number of hydrogen-bond donors (Lipinski definition) is 3. The molecule has 0 aromatic carbocycles. The highest BCUT2D eigenvalue weighted by Gasteiger charge is 2.35. The number of likely N-dealkylation sites (N-methyl/N-ethyl adjacent to an activating group) is 1. The Morgan fingerprint density at radius 1 is 1.28 bits per heavy atom. The van der Waals surface area contributed by atoms with Crippen LogP contribution in [0.2, 0.25) is 0 Å². The second kappa shape index (κ2) is 6.23. The lowest BCUT2D eigenvalue weighted by atomic mass is 10.1. The molecule has 0 fully saturated rings. The van der Waals surface area contributed by atoms with Gasteiger partial charge >= 0.3 is 12.0 Å². The van der Waals surface area contributed by atoms with Crippen molar-refractivity contribution in [2.24, 2.45) is 0 Å². The van der Waals surface area contributed by atoms with Crippen LogP contribution in [0, 0.1) is 0 Å². The van der Waals surface area contributed by atoms with Gasteiger partial charge in [0, 0.05) is 13.1 Å². The number of hydrogen-bond acceptors (Lipinski definition) is 3. The van der Waals surface area contributed by atoms with Crippen LogP contribution in [0.15, 0.2) is 0 Å². The topological polar surface area (TPSA) is 98.7 Å². The Morgan fingerprint density at radius 2 is 1.78 bits per heavy atom. The molecule has 0 aromatic heterocycles. The van der Waals surface area contributed by atoms with Crippen LogP contribution in [0.5, 0.6) is 0 Å². The lowest BCUT2D eigenvalue weighted by molar-refractivity contribution is -0.146. The summed E-state index contributed by atoms with van der Waals surface area (Å²) in [5.41, 5.74) is -1.33. The van der Waals surface area contributed by atoms with E-state index in [1.165, 1.54) is 20.9 Å². The fourth-order valence-electron chi connectivity index (χ4n) is 1.04. The standard InChI is InChI=1S/C11H21N3O4/c1-7(2)13-8(15)6-12-10(18)14(5)11(3,4)9(16)17/h7H,6H2,1-5H3,(H,12,18)(H,13,15)(H,16,17). The molecule has 0 aromatic rings. The predicted octanol–water partition coefficient (Wildman–Crippen LogP) is 0.0156. The Hall–Kier alpha value is -1.79. The number of amides is 3. The fourth-order valence-corrected chi connectivity index (χ4v) is 1.04. The number of carboxylic acid groups (broad SMARTS) is 1. The summed E-state index contributed by atoms with van der Waals surface area (Å²) in [6.07, 6.45) is 0. The molecule has 0 saturated carbocycles. The van der Waals surface area contributed by atoms with Gasteiger partial charge in [-0.15, -0.1) is 0 Å². The Balaban J connectivity index is 4.34. The van der Waals surface area contributed by atoms with Crippen molar-refractivity contribution in [3.8, 4) is 0 Å². The van der Waals surface area contributed by atoms with E-state index in [0.29, 0.717) is 0 Å². The van der Waals surface area contributed by atoms with Gasteiger partial charge in [0.15, 0.2) is 0 Å². The number of rotatable bonds is 5. The SMILES string of the molecule is CC(C)NC(=O)CNC(=O)N(C)C(C)(C)C(=O)O.